The van der Waals surface area contributed by atoms with Gasteiger partial charge in [0.15, 0.2) is 11.5 Å². The van der Waals surface area contributed by atoms with E-state index in [-0.39, 0.29) is 28.5 Å². The Balaban J connectivity index is 1.34. The molecule has 0 saturated carbocycles. The van der Waals surface area contributed by atoms with E-state index in [9.17, 15) is 9.59 Å². The molecule has 0 aromatic heterocycles. The maximum Gasteiger partial charge on any atom is 0.257 e. The lowest BCUT2D eigenvalue weighted by molar-refractivity contribution is -0.242. The van der Waals surface area contributed by atoms with Crippen molar-refractivity contribution in [1.82, 2.24) is 5.06 Å². The standard InChI is InChI=1S/C33H35ClFN3O7/c1-19-29(31(30-23(34)11-8-12-24(30)35)38(45-19)28-13-5-6-14-44-28)33(40)37-21-10-7-9-20(15-21)16-27(39)36-22-17-25(41-2)32(43-4)26(18-22)42-3/h7-12,15,17-18,28,31H,5-6,13-14,16H2,1-4H3,(H,36,39)(H,37,40). The number of carbonyl (C=O) groups excluding carboxylic acids is 2. The number of amides is 2. The molecule has 2 aliphatic rings. The Morgan fingerprint density at radius 1 is 0.978 bits per heavy atom. The highest BCUT2D eigenvalue weighted by Crippen LogP contribution is 2.45. The van der Waals surface area contributed by atoms with Crippen molar-refractivity contribution in [2.24, 2.45) is 0 Å². The van der Waals surface area contributed by atoms with Gasteiger partial charge >= 0.3 is 0 Å². The third-order valence-corrected chi connectivity index (χ3v) is 7.93. The first-order chi connectivity index (χ1) is 21.7. The molecule has 2 aliphatic heterocycles. The number of halogens is 2. The van der Waals surface area contributed by atoms with Crippen molar-refractivity contribution in [1.29, 1.82) is 0 Å². The number of ether oxygens (including phenoxy) is 4. The molecule has 2 heterocycles. The molecule has 1 fully saturated rings. The maximum absolute atomic E-state index is 15.3. The first kappa shape index (κ1) is 32.1. The van der Waals surface area contributed by atoms with Crippen molar-refractivity contribution in [3.05, 3.63) is 87.9 Å². The third-order valence-electron chi connectivity index (χ3n) is 7.60. The Morgan fingerprint density at radius 2 is 1.71 bits per heavy atom. The molecule has 2 amide bonds. The van der Waals surface area contributed by atoms with Crippen LogP contribution in [0.15, 0.2) is 65.9 Å². The Bertz CT molecular complexity index is 1560. The van der Waals surface area contributed by atoms with E-state index in [1.54, 1.807) is 49.4 Å². The summed E-state index contributed by atoms with van der Waals surface area (Å²) in [5, 5.41) is 7.43. The largest absolute Gasteiger partial charge is 0.493 e. The van der Waals surface area contributed by atoms with Gasteiger partial charge < -0.3 is 34.4 Å². The van der Waals surface area contributed by atoms with Crippen LogP contribution < -0.4 is 24.8 Å². The fourth-order valence-corrected chi connectivity index (χ4v) is 5.82. The van der Waals surface area contributed by atoms with Gasteiger partial charge in [0, 0.05) is 40.7 Å². The van der Waals surface area contributed by atoms with E-state index < -0.39 is 24.0 Å². The Kier molecular flexibility index (Phi) is 10.1. The van der Waals surface area contributed by atoms with E-state index in [1.165, 1.54) is 38.5 Å². The molecule has 45 heavy (non-hydrogen) atoms. The number of methoxy groups -OCH3 is 3. The molecule has 0 aliphatic carbocycles. The summed E-state index contributed by atoms with van der Waals surface area (Å²) in [6.45, 7) is 2.19. The van der Waals surface area contributed by atoms with Gasteiger partial charge in [-0.05, 0) is 56.0 Å². The minimum Gasteiger partial charge on any atom is -0.493 e. The average molecular weight is 640 g/mol. The SMILES string of the molecule is COc1cc(NC(=O)Cc2cccc(NC(=O)C3=C(C)ON(C4CCCCO4)C3c3c(F)cccc3Cl)c2)cc(OC)c1OC. The summed E-state index contributed by atoms with van der Waals surface area (Å²) >= 11 is 6.49. The van der Waals surface area contributed by atoms with Crippen LogP contribution in [-0.4, -0.2) is 51.0 Å². The van der Waals surface area contributed by atoms with Crippen molar-refractivity contribution in [2.75, 3.05) is 38.6 Å². The van der Waals surface area contributed by atoms with Gasteiger partial charge in [-0.2, -0.15) is 0 Å². The predicted octanol–water partition coefficient (Wildman–Crippen LogP) is 6.41. The summed E-state index contributed by atoms with van der Waals surface area (Å²) in [7, 11) is 4.48. The first-order valence-corrected chi connectivity index (χ1v) is 14.8. The van der Waals surface area contributed by atoms with Crippen LogP contribution in [0.3, 0.4) is 0 Å². The lowest BCUT2D eigenvalue weighted by Gasteiger charge is -2.34. The van der Waals surface area contributed by atoms with Crippen LogP contribution in [0.5, 0.6) is 17.2 Å². The number of hydrogen-bond acceptors (Lipinski definition) is 8. The zero-order valence-corrected chi connectivity index (χ0v) is 26.2. The molecular weight excluding hydrogens is 605 g/mol. The van der Waals surface area contributed by atoms with Gasteiger partial charge in [-0.15, -0.1) is 5.06 Å². The number of allylic oxidation sites excluding steroid dienone is 1. The summed E-state index contributed by atoms with van der Waals surface area (Å²) in [4.78, 5) is 32.8. The second-order valence-corrected chi connectivity index (χ2v) is 11.0. The lowest BCUT2D eigenvalue weighted by Crippen LogP contribution is -2.40. The van der Waals surface area contributed by atoms with Gasteiger partial charge in [0.1, 0.15) is 23.8 Å². The fraction of sp³-hybridized carbons (Fsp3) is 0.333. The molecule has 0 bridgehead atoms. The second kappa shape index (κ2) is 14.2. The molecule has 1 saturated heterocycles. The van der Waals surface area contributed by atoms with Crippen LogP contribution in [0.25, 0.3) is 0 Å². The minimum atomic E-state index is -0.936. The topological polar surface area (TPSA) is 108 Å². The van der Waals surface area contributed by atoms with Crippen LogP contribution in [0, 0.1) is 5.82 Å². The number of hydroxylamine groups is 2. The normalized spacial score (nSPS) is 18.3. The molecule has 10 nitrogen and oxygen atoms in total. The smallest absolute Gasteiger partial charge is 0.257 e. The van der Waals surface area contributed by atoms with Crippen molar-refractivity contribution in [3.8, 4) is 17.2 Å². The van der Waals surface area contributed by atoms with Crippen LogP contribution in [0.1, 0.15) is 43.4 Å². The van der Waals surface area contributed by atoms with E-state index in [1.807, 2.05) is 0 Å². The van der Waals surface area contributed by atoms with Gasteiger partial charge in [0.2, 0.25) is 11.7 Å². The number of benzene rings is 3. The van der Waals surface area contributed by atoms with Crippen molar-refractivity contribution in [2.45, 2.75) is 44.9 Å². The number of carbonyl (C=O) groups is 2. The number of nitrogens with one attached hydrogen (secondary N) is 2. The van der Waals surface area contributed by atoms with Crippen molar-refractivity contribution < 1.29 is 37.8 Å². The van der Waals surface area contributed by atoms with Gasteiger partial charge in [0.25, 0.3) is 5.91 Å². The number of hydrogen-bond donors (Lipinski definition) is 2. The highest BCUT2D eigenvalue weighted by molar-refractivity contribution is 6.31. The van der Waals surface area contributed by atoms with Crippen LogP contribution >= 0.6 is 11.6 Å². The summed E-state index contributed by atoms with van der Waals surface area (Å²) in [6, 6.07) is 13.6. The van der Waals surface area contributed by atoms with Crippen LogP contribution in [-0.2, 0) is 25.6 Å². The first-order valence-electron chi connectivity index (χ1n) is 14.5. The van der Waals surface area contributed by atoms with Gasteiger partial charge in [-0.3, -0.25) is 9.59 Å². The Morgan fingerprint density at radius 3 is 2.36 bits per heavy atom. The summed E-state index contributed by atoms with van der Waals surface area (Å²) in [6.07, 6.45) is 2.01. The molecule has 3 aromatic carbocycles. The Labute approximate surface area is 265 Å². The highest BCUT2D eigenvalue weighted by Gasteiger charge is 2.45. The highest BCUT2D eigenvalue weighted by atomic mass is 35.5. The summed E-state index contributed by atoms with van der Waals surface area (Å²) in [5.41, 5.74) is 1.91. The molecule has 5 rings (SSSR count). The molecule has 2 N–H and O–H groups in total. The number of anilines is 2. The minimum absolute atomic E-state index is 0.0193. The summed E-state index contributed by atoms with van der Waals surface area (Å²) in [5.74, 6) is 0.182. The number of rotatable bonds is 10. The lowest BCUT2D eigenvalue weighted by atomic mass is 9.96. The monoisotopic (exact) mass is 639 g/mol. The molecule has 12 heteroatoms. The van der Waals surface area contributed by atoms with E-state index >= 15 is 4.39 Å². The zero-order chi connectivity index (χ0) is 32.1. The van der Waals surface area contributed by atoms with Gasteiger partial charge in [-0.1, -0.05) is 29.8 Å². The number of nitrogens with zero attached hydrogens (tertiary/aromatic N) is 1. The molecule has 0 radical (unpaired) electrons. The predicted molar refractivity (Wildman–Crippen MR) is 167 cm³/mol. The van der Waals surface area contributed by atoms with E-state index in [0.29, 0.717) is 53.0 Å². The molecule has 3 aromatic rings. The second-order valence-electron chi connectivity index (χ2n) is 10.6. The fourth-order valence-electron chi connectivity index (χ4n) is 5.56. The van der Waals surface area contributed by atoms with E-state index in [4.69, 9.17) is 35.4 Å². The zero-order valence-electron chi connectivity index (χ0n) is 25.4. The average Bonchev–Trinajstić information content (AvgIpc) is 3.37. The molecule has 2 unspecified atom stereocenters. The molecular formula is C33H35ClFN3O7. The summed E-state index contributed by atoms with van der Waals surface area (Å²) < 4.78 is 37.3. The molecule has 0 spiro atoms. The quantitative estimate of drug-likeness (QED) is 0.262. The molecule has 2 atom stereocenters. The van der Waals surface area contributed by atoms with Crippen LogP contribution in [0.2, 0.25) is 5.02 Å². The maximum atomic E-state index is 15.3. The van der Waals surface area contributed by atoms with E-state index in [2.05, 4.69) is 10.6 Å². The van der Waals surface area contributed by atoms with Crippen molar-refractivity contribution in [3.63, 3.8) is 0 Å². The van der Waals surface area contributed by atoms with Crippen molar-refractivity contribution >= 4 is 34.8 Å². The van der Waals surface area contributed by atoms with Gasteiger partial charge in [0.05, 0.1) is 33.3 Å². The third kappa shape index (κ3) is 7.00. The van der Waals surface area contributed by atoms with E-state index in [0.717, 1.165) is 12.8 Å². The van der Waals surface area contributed by atoms with Gasteiger partial charge in [-0.25, -0.2) is 4.39 Å². The molecule has 238 valence electrons. The van der Waals surface area contributed by atoms with Crippen LogP contribution in [0.4, 0.5) is 15.8 Å². The Hall–Kier alpha value is -4.32.